The molecular weight excluding hydrogens is 190 g/mol. The van der Waals surface area contributed by atoms with Crippen LogP contribution in [0.1, 0.15) is 11.6 Å². The van der Waals surface area contributed by atoms with E-state index in [9.17, 15) is 0 Å². The molecule has 1 atom stereocenters. The van der Waals surface area contributed by atoms with E-state index in [0.717, 1.165) is 11.3 Å². The van der Waals surface area contributed by atoms with E-state index < -0.39 is 0 Å². The molecule has 15 heavy (non-hydrogen) atoms. The van der Waals surface area contributed by atoms with Gasteiger partial charge >= 0.3 is 0 Å². The number of benzene rings is 1. The first-order chi connectivity index (χ1) is 7.31. The molecule has 0 saturated heterocycles. The lowest BCUT2D eigenvalue weighted by molar-refractivity contribution is 0.268. The summed E-state index contributed by atoms with van der Waals surface area (Å²) in [4.78, 5) is 0. The molecule has 0 aliphatic carbocycles. The minimum absolute atomic E-state index is 0.0530. The Labute approximate surface area is 88.0 Å². The largest absolute Gasteiger partial charge is 0.394 e. The number of aliphatic hydroxyl groups is 1. The van der Waals surface area contributed by atoms with Crippen molar-refractivity contribution in [3.05, 3.63) is 48.3 Å². The molecule has 4 heteroatoms. The molecule has 2 aromatic rings. The quantitative estimate of drug-likeness (QED) is 0.777. The number of hydrogen-bond donors (Lipinski definition) is 2. The van der Waals surface area contributed by atoms with Crippen LogP contribution < -0.4 is 5.73 Å². The van der Waals surface area contributed by atoms with E-state index in [0.29, 0.717) is 0 Å². The second-order valence-corrected chi connectivity index (χ2v) is 3.33. The molecule has 4 nitrogen and oxygen atoms in total. The third kappa shape index (κ3) is 2.06. The number of rotatable bonds is 3. The maximum atomic E-state index is 8.96. The fraction of sp³-hybridized carbons (Fsp3) is 0.182. The summed E-state index contributed by atoms with van der Waals surface area (Å²) in [6, 6.07) is 9.20. The summed E-state index contributed by atoms with van der Waals surface area (Å²) in [5.74, 6) is 0. The lowest BCUT2D eigenvalue weighted by atomic mass is 10.1. The Morgan fingerprint density at radius 1 is 1.40 bits per heavy atom. The molecule has 1 aromatic heterocycles. The molecule has 0 spiro atoms. The Hall–Kier alpha value is -1.65. The van der Waals surface area contributed by atoms with Crippen LogP contribution in [0.3, 0.4) is 0 Å². The molecule has 0 fully saturated rings. The number of nitrogens with zero attached hydrogens (tertiary/aromatic N) is 2. The van der Waals surface area contributed by atoms with Gasteiger partial charge in [-0.2, -0.15) is 5.10 Å². The Morgan fingerprint density at radius 3 is 2.93 bits per heavy atom. The molecule has 0 radical (unpaired) electrons. The minimum Gasteiger partial charge on any atom is -0.394 e. The molecule has 1 heterocycles. The average molecular weight is 203 g/mol. The van der Waals surface area contributed by atoms with Gasteiger partial charge in [0, 0.05) is 12.4 Å². The molecule has 0 unspecified atom stereocenters. The van der Waals surface area contributed by atoms with E-state index in [-0.39, 0.29) is 12.6 Å². The van der Waals surface area contributed by atoms with E-state index >= 15 is 0 Å². The topological polar surface area (TPSA) is 64.1 Å². The number of aliphatic hydroxyl groups excluding tert-OH is 1. The van der Waals surface area contributed by atoms with Crippen LogP contribution in [-0.2, 0) is 0 Å². The maximum Gasteiger partial charge on any atom is 0.0648 e. The molecule has 0 aliphatic heterocycles. The van der Waals surface area contributed by atoms with Crippen LogP contribution in [0, 0.1) is 0 Å². The van der Waals surface area contributed by atoms with Gasteiger partial charge in [0.15, 0.2) is 0 Å². The van der Waals surface area contributed by atoms with Crippen molar-refractivity contribution in [2.75, 3.05) is 6.61 Å². The van der Waals surface area contributed by atoms with Gasteiger partial charge in [0.2, 0.25) is 0 Å². The highest BCUT2D eigenvalue weighted by Crippen LogP contribution is 2.14. The van der Waals surface area contributed by atoms with Crippen molar-refractivity contribution in [2.45, 2.75) is 6.04 Å². The van der Waals surface area contributed by atoms with Crippen molar-refractivity contribution >= 4 is 0 Å². The lowest BCUT2D eigenvalue weighted by Crippen LogP contribution is -2.14. The fourth-order valence-electron chi connectivity index (χ4n) is 1.42. The van der Waals surface area contributed by atoms with E-state index in [4.69, 9.17) is 10.8 Å². The molecule has 0 aliphatic rings. The SMILES string of the molecule is N[C@@H](CO)c1cccc(-n2cccn2)c1. The Balaban J connectivity index is 2.35. The highest BCUT2D eigenvalue weighted by Gasteiger charge is 2.05. The van der Waals surface area contributed by atoms with Crippen LogP contribution in [0.5, 0.6) is 0 Å². The van der Waals surface area contributed by atoms with Gasteiger partial charge in [-0.15, -0.1) is 0 Å². The first kappa shape index (κ1) is 9.89. The molecule has 1 aromatic carbocycles. The predicted octanol–water partition coefficient (Wildman–Crippen LogP) is 0.864. The Bertz CT molecular complexity index is 425. The van der Waals surface area contributed by atoms with Gasteiger partial charge in [-0.1, -0.05) is 12.1 Å². The van der Waals surface area contributed by atoms with Crippen molar-refractivity contribution in [1.29, 1.82) is 0 Å². The predicted molar refractivity (Wildman–Crippen MR) is 57.6 cm³/mol. The maximum absolute atomic E-state index is 8.96. The molecule has 78 valence electrons. The van der Waals surface area contributed by atoms with Crippen molar-refractivity contribution in [3.63, 3.8) is 0 Å². The Kier molecular flexibility index (Phi) is 2.80. The molecule has 0 amide bonds. The average Bonchev–Trinajstić information content (AvgIpc) is 2.82. The first-order valence-corrected chi connectivity index (χ1v) is 4.77. The van der Waals surface area contributed by atoms with E-state index in [1.54, 1.807) is 10.9 Å². The van der Waals surface area contributed by atoms with E-state index in [2.05, 4.69) is 5.10 Å². The standard InChI is InChI=1S/C11H13N3O/c12-11(8-15)9-3-1-4-10(7-9)14-6-2-5-13-14/h1-7,11,15H,8,12H2/t11-/m0/s1. The van der Waals surface area contributed by atoms with Crippen LogP contribution in [-0.4, -0.2) is 21.5 Å². The second-order valence-electron chi connectivity index (χ2n) is 3.33. The lowest BCUT2D eigenvalue weighted by Gasteiger charge is -2.10. The van der Waals surface area contributed by atoms with Crippen molar-refractivity contribution < 1.29 is 5.11 Å². The smallest absolute Gasteiger partial charge is 0.0648 e. The summed E-state index contributed by atoms with van der Waals surface area (Å²) < 4.78 is 1.76. The van der Waals surface area contributed by atoms with Crippen LogP contribution in [0.25, 0.3) is 5.69 Å². The molecule has 3 N–H and O–H groups in total. The third-order valence-electron chi connectivity index (χ3n) is 2.26. The second kappa shape index (κ2) is 4.25. The zero-order chi connectivity index (χ0) is 10.7. The minimum atomic E-state index is -0.333. The summed E-state index contributed by atoms with van der Waals surface area (Å²) in [5, 5.41) is 13.1. The number of aromatic nitrogens is 2. The van der Waals surface area contributed by atoms with Gasteiger partial charge in [-0.25, -0.2) is 4.68 Å². The highest BCUT2D eigenvalue weighted by atomic mass is 16.3. The summed E-state index contributed by atoms with van der Waals surface area (Å²) in [5.41, 5.74) is 7.59. The molecular formula is C11H13N3O. The summed E-state index contributed by atoms with van der Waals surface area (Å²) >= 11 is 0. The van der Waals surface area contributed by atoms with Crippen LogP contribution in [0.4, 0.5) is 0 Å². The molecule has 0 saturated carbocycles. The van der Waals surface area contributed by atoms with Crippen molar-refractivity contribution in [3.8, 4) is 5.69 Å². The highest BCUT2D eigenvalue weighted by molar-refractivity contribution is 5.36. The van der Waals surface area contributed by atoms with Crippen molar-refractivity contribution in [2.24, 2.45) is 5.73 Å². The van der Waals surface area contributed by atoms with E-state index in [1.165, 1.54) is 0 Å². The van der Waals surface area contributed by atoms with Gasteiger partial charge in [-0.3, -0.25) is 0 Å². The van der Waals surface area contributed by atoms with Crippen LogP contribution in [0.2, 0.25) is 0 Å². The van der Waals surface area contributed by atoms with Gasteiger partial charge < -0.3 is 10.8 Å². The normalized spacial score (nSPS) is 12.7. The van der Waals surface area contributed by atoms with E-state index in [1.807, 2.05) is 36.5 Å². The van der Waals surface area contributed by atoms with Gasteiger partial charge in [0.1, 0.15) is 0 Å². The van der Waals surface area contributed by atoms with Gasteiger partial charge in [-0.05, 0) is 23.8 Å². The number of nitrogens with two attached hydrogens (primary N) is 1. The fourth-order valence-corrected chi connectivity index (χ4v) is 1.42. The zero-order valence-corrected chi connectivity index (χ0v) is 8.24. The summed E-state index contributed by atoms with van der Waals surface area (Å²) in [6.07, 6.45) is 3.59. The van der Waals surface area contributed by atoms with Gasteiger partial charge in [0.25, 0.3) is 0 Å². The Morgan fingerprint density at radius 2 is 2.27 bits per heavy atom. The molecule has 2 rings (SSSR count). The van der Waals surface area contributed by atoms with Gasteiger partial charge in [0.05, 0.1) is 18.3 Å². The van der Waals surface area contributed by atoms with Crippen LogP contribution >= 0.6 is 0 Å². The van der Waals surface area contributed by atoms with Crippen LogP contribution in [0.15, 0.2) is 42.7 Å². The van der Waals surface area contributed by atoms with Crippen molar-refractivity contribution in [1.82, 2.24) is 9.78 Å². The third-order valence-corrected chi connectivity index (χ3v) is 2.26. The first-order valence-electron chi connectivity index (χ1n) is 4.77. The monoisotopic (exact) mass is 203 g/mol. The molecule has 0 bridgehead atoms. The summed E-state index contributed by atoms with van der Waals surface area (Å²) in [6.45, 7) is -0.0530. The number of hydrogen-bond acceptors (Lipinski definition) is 3. The zero-order valence-electron chi connectivity index (χ0n) is 8.24. The summed E-state index contributed by atoms with van der Waals surface area (Å²) in [7, 11) is 0.